The summed E-state index contributed by atoms with van der Waals surface area (Å²) in [4.78, 5) is 0. The highest BCUT2D eigenvalue weighted by molar-refractivity contribution is 5.25. The minimum absolute atomic E-state index is 0.145. The highest BCUT2D eigenvalue weighted by Gasteiger charge is 2.58. The van der Waals surface area contributed by atoms with Crippen molar-refractivity contribution in [3.8, 4) is 0 Å². The van der Waals surface area contributed by atoms with Crippen LogP contribution in [0.5, 0.6) is 0 Å². The highest BCUT2D eigenvalue weighted by atomic mass is 19.1. The third-order valence-electron chi connectivity index (χ3n) is 5.45. The molecule has 1 aliphatic heterocycles. The average Bonchev–Trinajstić information content (AvgIpc) is 3.00. The lowest BCUT2D eigenvalue weighted by Crippen LogP contribution is -2.53. The summed E-state index contributed by atoms with van der Waals surface area (Å²) in [5.41, 5.74) is 1.98. The first-order valence-corrected chi connectivity index (χ1v) is 9.68. The third kappa shape index (κ3) is 4.13. The normalized spacial score (nSPS) is 27.2. The zero-order valence-corrected chi connectivity index (χ0v) is 17.0. The van der Waals surface area contributed by atoms with Crippen molar-refractivity contribution in [3.05, 3.63) is 71.0 Å². The van der Waals surface area contributed by atoms with Crippen LogP contribution in [0.4, 0.5) is 4.39 Å². The Morgan fingerprint density at radius 3 is 2.54 bits per heavy atom. The van der Waals surface area contributed by atoms with E-state index in [2.05, 4.69) is 25.1 Å². The number of methoxy groups -OCH3 is 2. The molecule has 3 rings (SSSR count). The number of hydrogen-bond acceptors (Lipinski definition) is 4. The van der Waals surface area contributed by atoms with Gasteiger partial charge in [0.15, 0.2) is 11.9 Å². The molecule has 0 saturated carbocycles. The molecular formula is C23H29FO4. The minimum atomic E-state index is -0.825. The van der Waals surface area contributed by atoms with E-state index in [0.717, 1.165) is 12.0 Å². The van der Waals surface area contributed by atoms with Gasteiger partial charge in [-0.15, -0.1) is 0 Å². The predicted octanol–water partition coefficient (Wildman–Crippen LogP) is 4.43. The van der Waals surface area contributed by atoms with Gasteiger partial charge in [-0.1, -0.05) is 55.0 Å². The Labute approximate surface area is 166 Å². The van der Waals surface area contributed by atoms with Gasteiger partial charge in [0.05, 0.1) is 12.7 Å². The van der Waals surface area contributed by atoms with Crippen molar-refractivity contribution in [2.24, 2.45) is 0 Å². The van der Waals surface area contributed by atoms with Crippen molar-refractivity contribution in [1.82, 2.24) is 0 Å². The molecule has 1 heterocycles. The molecule has 28 heavy (non-hydrogen) atoms. The average molecular weight is 388 g/mol. The molecule has 1 fully saturated rings. The summed E-state index contributed by atoms with van der Waals surface area (Å²) in [6, 6.07) is 14.9. The van der Waals surface area contributed by atoms with E-state index in [1.54, 1.807) is 32.4 Å². The highest BCUT2D eigenvalue weighted by Crippen LogP contribution is 2.41. The molecule has 5 heteroatoms. The number of rotatable bonds is 8. The monoisotopic (exact) mass is 388 g/mol. The molecule has 0 aliphatic carbocycles. The van der Waals surface area contributed by atoms with Crippen molar-refractivity contribution in [2.75, 3.05) is 14.2 Å². The fraction of sp³-hybridized carbons (Fsp3) is 0.478. The summed E-state index contributed by atoms with van der Waals surface area (Å²) in [5, 5.41) is 0. The van der Waals surface area contributed by atoms with Crippen LogP contribution >= 0.6 is 0 Å². The smallest absolute Gasteiger partial charge is 0.189 e. The Morgan fingerprint density at radius 1 is 1.11 bits per heavy atom. The Bertz CT molecular complexity index is 781. The molecule has 2 aromatic carbocycles. The lowest BCUT2D eigenvalue weighted by atomic mass is 9.86. The molecule has 0 amide bonds. The molecule has 0 N–H and O–H groups in total. The van der Waals surface area contributed by atoms with E-state index in [4.69, 9.17) is 18.9 Å². The van der Waals surface area contributed by atoms with Crippen LogP contribution in [0, 0.1) is 12.7 Å². The van der Waals surface area contributed by atoms with Gasteiger partial charge < -0.3 is 18.9 Å². The van der Waals surface area contributed by atoms with Crippen molar-refractivity contribution in [2.45, 2.75) is 57.4 Å². The van der Waals surface area contributed by atoms with Crippen LogP contribution in [0.1, 0.15) is 30.0 Å². The minimum Gasteiger partial charge on any atom is -0.370 e. The van der Waals surface area contributed by atoms with Crippen molar-refractivity contribution in [1.29, 1.82) is 0 Å². The molecule has 1 saturated heterocycles. The van der Waals surface area contributed by atoms with Gasteiger partial charge in [-0.05, 0) is 25.0 Å². The topological polar surface area (TPSA) is 36.9 Å². The SMILES string of the molecule is CC[C@H]1O[C@H](OC)[C@](Cc2cccc(C)c2)(OC)[C@H]1OCc1ccccc1F. The zero-order valence-electron chi connectivity index (χ0n) is 17.0. The lowest BCUT2D eigenvalue weighted by molar-refractivity contribution is -0.208. The van der Waals surface area contributed by atoms with Gasteiger partial charge >= 0.3 is 0 Å². The van der Waals surface area contributed by atoms with Crippen LogP contribution in [0.15, 0.2) is 48.5 Å². The number of ether oxygens (including phenoxy) is 4. The quantitative estimate of drug-likeness (QED) is 0.670. The van der Waals surface area contributed by atoms with Crippen molar-refractivity contribution < 1.29 is 23.3 Å². The maximum Gasteiger partial charge on any atom is 0.189 e. The summed E-state index contributed by atoms with van der Waals surface area (Å²) in [5.74, 6) is -0.278. The molecule has 0 spiro atoms. The van der Waals surface area contributed by atoms with E-state index in [9.17, 15) is 4.39 Å². The lowest BCUT2D eigenvalue weighted by Gasteiger charge is -2.37. The number of hydrogen-bond donors (Lipinski definition) is 0. The van der Waals surface area contributed by atoms with Crippen molar-refractivity contribution >= 4 is 0 Å². The van der Waals surface area contributed by atoms with Gasteiger partial charge in [-0.2, -0.15) is 0 Å². The van der Waals surface area contributed by atoms with Gasteiger partial charge in [0.25, 0.3) is 0 Å². The van der Waals surface area contributed by atoms with Crippen LogP contribution in [-0.4, -0.2) is 38.3 Å². The second-order valence-electron chi connectivity index (χ2n) is 7.30. The molecule has 2 aromatic rings. The Hall–Kier alpha value is -1.79. The Kier molecular flexibility index (Phi) is 6.83. The van der Waals surface area contributed by atoms with E-state index in [1.165, 1.54) is 11.6 Å². The molecule has 1 aliphatic rings. The molecular weight excluding hydrogens is 359 g/mol. The fourth-order valence-corrected chi connectivity index (χ4v) is 4.01. The van der Waals surface area contributed by atoms with Crippen molar-refractivity contribution in [3.63, 3.8) is 0 Å². The van der Waals surface area contributed by atoms with Gasteiger partial charge in [0.1, 0.15) is 11.9 Å². The largest absolute Gasteiger partial charge is 0.370 e. The van der Waals surface area contributed by atoms with Crippen LogP contribution in [-0.2, 0) is 32.0 Å². The van der Waals surface area contributed by atoms with Gasteiger partial charge in [-0.3, -0.25) is 0 Å². The summed E-state index contributed by atoms with van der Waals surface area (Å²) in [7, 11) is 3.27. The Balaban J connectivity index is 1.91. The van der Waals surface area contributed by atoms with Crippen LogP contribution in [0.3, 0.4) is 0 Å². The van der Waals surface area contributed by atoms with Crippen LogP contribution in [0.2, 0.25) is 0 Å². The van der Waals surface area contributed by atoms with E-state index in [1.807, 2.05) is 13.0 Å². The first kappa shape index (κ1) is 20.9. The first-order valence-electron chi connectivity index (χ1n) is 9.68. The fourth-order valence-electron chi connectivity index (χ4n) is 4.01. The van der Waals surface area contributed by atoms with Gasteiger partial charge in [0, 0.05) is 26.2 Å². The van der Waals surface area contributed by atoms with Gasteiger partial charge in [-0.25, -0.2) is 4.39 Å². The number of halogens is 1. The summed E-state index contributed by atoms with van der Waals surface area (Å²) in [6.07, 6.45) is 0.130. The molecule has 4 atom stereocenters. The molecule has 152 valence electrons. The molecule has 0 aromatic heterocycles. The standard InChI is InChI=1S/C23H29FO4/c1-5-20-21(27-15-18-11-6-7-12-19(18)24)23(26-4,22(25-3)28-20)14-17-10-8-9-16(2)13-17/h6-13,20-22H,5,14-15H2,1-4H3/t20-,21+,22+,23-/m1/s1. The van der Waals surface area contributed by atoms with Crippen LogP contribution < -0.4 is 0 Å². The van der Waals surface area contributed by atoms with E-state index >= 15 is 0 Å². The maximum absolute atomic E-state index is 14.1. The zero-order chi connectivity index (χ0) is 20.1. The summed E-state index contributed by atoms with van der Waals surface area (Å²) in [6.45, 7) is 4.24. The molecule has 4 nitrogen and oxygen atoms in total. The number of benzene rings is 2. The summed E-state index contributed by atoms with van der Waals surface area (Å²) < 4.78 is 38.2. The molecule has 0 unspecified atom stereocenters. The summed E-state index contributed by atoms with van der Waals surface area (Å²) >= 11 is 0. The van der Waals surface area contributed by atoms with E-state index in [0.29, 0.717) is 12.0 Å². The molecule has 0 radical (unpaired) electrons. The second-order valence-corrected chi connectivity index (χ2v) is 7.30. The van der Waals surface area contributed by atoms with E-state index in [-0.39, 0.29) is 18.5 Å². The van der Waals surface area contributed by atoms with Gasteiger partial charge in [0.2, 0.25) is 0 Å². The third-order valence-corrected chi connectivity index (χ3v) is 5.45. The first-order chi connectivity index (χ1) is 13.5. The second kappa shape index (κ2) is 9.14. The van der Waals surface area contributed by atoms with Crippen LogP contribution in [0.25, 0.3) is 0 Å². The van der Waals surface area contributed by atoms with E-state index < -0.39 is 18.0 Å². The molecule has 0 bridgehead atoms. The predicted molar refractivity (Wildman–Crippen MR) is 106 cm³/mol. The number of aryl methyl sites for hydroxylation is 1. The Morgan fingerprint density at radius 2 is 1.89 bits per heavy atom. The maximum atomic E-state index is 14.1.